The number of para-hydroxylation sites is 1. The summed E-state index contributed by atoms with van der Waals surface area (Å²) in [5.41, 5.74) is 5.04. The van der Waals surface area contributed by atoms with Gasteiger partial charge in [-0.15, -0.1) is 47.1 Å². The molecule has 0 saturated carbocycles. The number of hydrogen-bond donors (Lipinski definition) is 0. The largest absolute Gasteiger partial charge is 2.00 e. The van der Waals surface area contributed by atoms with Gasteiger partial charge in [0.15, 0.2) is 5.13 Å². The van der Waals surface area contributed by atoms with Crippen LogP contribution in [-0.2, 0) is 26.5 Å². The summed E-state index contributed by atoms with van der Waals surface area (Å²) in [6, 6.07) is 25.3. The Morgan fingerprint density at radius 2 is 1.77 bits per heavy atom. The maximum absolute atomic E-state index is 6.30. The van der Waals surface area contributed by atoms with Crippen molar-refractivity contribution in [1.82, 2.24) is 19.3 Å². The van der Waals surface area contributed by atoms with E-state index in [9.17, 15) is 0 Å². The minimum Gasteiger partial charge on any atom is -0.509 e. The molecule has 3 aromatic heterocycles. The van der Waals surface area contributed by atoms with Crippen molar-refractivity contribution in [2.24, 2.45) is 0 Å². The minimum atomic E-state index is -0.0646. The molecule has 0 spiro atoms. The fraction of sp³-hybridized carbons (Fsp3) is 0.188. The molecule has 0 fully saturated rings. The van der Waals surface area contributed by atoms with E-state index < -0.39 is 0 Å². The van der Waals surface area contributed by atoms with E-state index in [0.29, 0.717) is 17.4 Å². The SMILES string of the molecule is CC(C)c1cnc(-n2c3[c-]c(Oc4[c-]c(-n5cc6c(n5)C(C)(C)C=C6)ccc4)ccc3c3ccccc32)s1.[Pt+2]. The molecule has 0 bridgehead atoms. The zero-order valence-electron chi connectivity index (χ0n) is 22.0. The van der Waals surface area contributed by atoms with Gasteiger partial charge in [-0.2, -0.15) is 17.2 Å². The molecule has 6 aromatic rings. The molecule has 1 aliphatic rings. The Morgan fingerprint density at radius 3 is 2.56 bits per heavy atom. The molecule has 3 aromatic carbocycles. The standard InChI is InChI=1S/C32H26N4OS.Pt/c1-20(2)29-18-33-31(38-29)36-27-11-6-5-10-25(27)26-13-12-24(17-28(26)36)37-23-9-7-8-22(16-23)35-19-21-14-15-32(3,4)30(21)34-35;/h5-15,18-20H,1-4H3;/q-2;+2. The first kappa shape index (κ1) is 25.8. The van der Waals surface area contributed by atoms with E-state index in [1.165, 1.54) is 10.3 Å². The van der Waals surface area contributed by atoms with Crippen LogP contribution in [0.5, 0.6) is 11.5 Å². The summed E-state index contributed by atoms with van der Waals surface area (Å²) in [5.74, 6) is 1.67. The van der Waals surface area contributed by atoms with Crippen LogP contribution in [0.3, 0.4) is 0 Å². The summed E-state index contributed by atoms with van der Waals surface area (Å²) in [6.45, 7) is 8.74. The van der Waals surface area contributed by atoms with Gasteiger partial charge in [0.1, 0.15) is 0 Å². The number of aromatic nitrogens is 4. The van der Waals surface area contributed by atoms with Crippen LogP contribution < -0.4 is 4.74 Å². The van der Waals surface area contributed by atoms with Gasteiger partial charge in [0.2, 0.25) is 0 Å². The summed E-state index contributed by atoms with van der Waals surface area (Å²) in [6.07, 6.45) is 8.36. The number of allylic oxidation sites excluding steroid dienone is 1. The summed E-state index contributed by atoms with van der Waals surface area (Å²) < 4.78 is 10.4. The molecular weight excluding hydrogens is 684 g/mol. The maximum Gasteiger partial charge on any atom is 2.00 e. The Morgan fingerprint density at radius 1 is 0.949 bits per heavy atom. The van der Waals surface area contributed by atoms with Gasteiger partial charge in [0, 0.05) is 45.3 Å². The van der Waals surface area contributed by atoms with Crippen LogP contribution in [-0.4, -0.2) is 19.3 Å². The Hall–Kier alpha value is -3.47. The van der Waals surface area contributed by atoms with E-state index in [2.05, 4.69) is 86.9 Å². The van der Waals surface area contributed by atoms with Crippen LogP contribution in [0, 0.1) is 12.1 Å². The Kier molecular flexibility index (Phi) is 6.36. The molecule has 39 heavy (non-hydrogen) atoms. The number of fused-ring (bicyclic) bond motifs is 4. The molecule has 0 atom stereocenters. The first-order valence-electron chi connectivity index (χ1n) is 12.8. The van der Waals surface area contributed by atoms with Crippen LogP contribution in [0.4, 0.5) is 0 Å². The van der Waals surface area contributed by atoms with Crippen molar-refractivity contribution >= 4 is 39.2 Å². The van der Waals surface area contributed by atoms with Gasteiger partial charge >= 0.3 is 21.1 Å². The van der Waals surface area contributed by atoms with Gasteiger partial charge in [-0.1, -0.05) is 63.6 Å². The van der Waals surface area contributed by atoms with Crippen molar-refractivity contribution in [3.63, 3.8) is 0 Å². The smallest absolute Gasteiger partial charge is 0.509 e. The predicted molar refractivity (Wildman–Crippen MR) is 154 cm³/mol. The van der Waals surface area contributed by atoms with Gasteiger partial charge < -0.3 is 9.30 Å². The third-order valence-electron chi connectivity index (χ3n) is 7.08. The second kappa shape index (κ2) is 9.62. The molecule has 0 aliphatic heterocycles. The van der Waals surface area contributed by atoms with Gasteiger partial charge in [-0.05, 0) is 23.1 Å². The van der Waals surface area contributed by atoms with Crippen molar-refractivity contribution in [3.8, 4) is 22.3 Å². The maximum atomic E-state index is 6.30. The normalized spacial score (nSPS) is 13.8. The monoisotopic (exact) mass is 709 g/mol. The third kappa shape index (κ3) is 4.36. The van der Waals surface area contributed by atoms with Crippen molar-refractivity contribution in [3.05, 3.63) is 101 Å². The summed E-state index contributed by atoms with van der Waals surface area (Å²) in [5, 5.41) is 8.06. The molecule has 0 radical (unpaired) electrons. The number of rotatable bonds is 5. The Bertz CT molecular complexity index is 1870. The Labute approximate surface area is 246 Å². The van der Waals surface area contributed by atoms with Gasteiger partial charge in [-0.25, -0.2) is 4.98 Å². The minimum absolute atomic E-state index is 0. The molecule has 0 saturated heterocycles. The summed E-state index contributed by atoms with van der Waals surface area (Å²) >= 11 is 1.72. The number of thiazole rings is 1. The van der Waals surface area contributed by atoms with Gasteiger partial charge in [0.25, 0.3) is 0 Å². The number of benzene rings is 3. The second-order valence-electron chi connectivity index (χ2n) is 10.6. The quantitative estimate of drug-likeness (QED) is 0.170. The van der Waals surface area contributed by atoms with Crippen molar-refractivity contribution in [2.45, 2.75) is 39.0 Å². The molecule has 196 valence electrons. The molecular formula is C32H26N4OPtS. The topological polar surface area (TPSA) is 44.9 Å². The van der Waals surface area contributed by atoms with Crippen LogP contribution in [0.15, 0.2) is 73.1 Å². The fourth-order valence-electron chi connectivity index (χ4n) is 5.04. The molecule has 0 N–H and O–H groups in total. The van der Waals surface area contributed by atoms with Crippen molar-refractivity contribution < 1.29 is 25.8 Å². The predicted octanol–water partition coefficient (Wildman–Crippen LogP) is 8.24. The van der Waals surface area contributed by atoms with E-state index in [0.717, 1.165) is 38.5 Å². The Balaban J connectivity index is 0.00000277. The average molecular weight is 710 g/mol. The second-order valence-corrected chi connectivity index (χ2v) is 11.6. The number of hydrogen-bond acceptors (Lipinski definition) is 4. The van der Waals surface area contributed by atoms with E-state index >= 15 is 0 Å². The van der Waals surface area contributed by atoms with Gasteiger partial charge in [0.05, 0.1) is 5.69 Å². The van der Waals surface area contributed by atoms with Crippen molar-refractivity contribution in [2.75, 3.05) is 0 Å². The number of nitrogens with zero attached hydrogens (tertiary/aromatic N) is 4. The molecule has 0 unspecified atom stereocenters. The number of ether oxygens (including phenoxy) is 1. The first-order valence-corrected chi connectivity index (χ1v) is 13.6. The van der Waals surface area contributed by atoms with Crippen LogP contribution >= 0.6 is 11.3 Å². The molecule has 7 rings (SSSR count). The molecule has 7 heteroatoms. The van der Waals surface area contributed by atoms with Crippen LogP contribution in [0.2, 0.25) is 0 Å². The van der Waals surface area contributed by atoms with Crippen molar-refractivity contribution in [1.29, 1.82) is 0 Å². The fourth-order valence-corrected chi connectivity index (χ4v) is 5.98. The molecule has 5 nitrogen and oxygen atoms in total. The zero-order chi connectivity index (χ0) is 26.0. The van der Waals surface area contributed by atoms with Crippen LogP contribution in [0.25, 0.3) is 38.7 Å². The average Bonchev–Trinajstić information content (AvgIpc) is 3.67. The van der Waals surface area contributed by atoms with Gasteiger partial charge in [-0.3, -0.25) is 4.68 Å². The molecule has 1 aliphatic carbocycles. The summed E-state index contributed by atoms with van der Waals surface area (Å²) in [7, 11) is 0. The van der Waals surface area contributed by atoms with E-state index in [-0.39, 0.29) is 26.5 Å². The third-order valence-corrected chi connectivity index (χ3v) is 8.36. The van der Waals surface area contributed by atoms with E-state index in [1.54, 1.807) is 11.3 Å². The zero-order valence-corrected chi connectivity index (χ0v) is 25.1. The molecule has 0 amide bonds. The summed E-state index contributed by atoms with van der Waals surface area (Å²) in [4.78, 5) is 6.03. The van der Waals surface area contributed by atoms with E-state index in [1.807, 2.05) is 41.3 Å². The van der Waals surface area contributed by atoms with Crippen LogP contribution in [0.1, 0.15) is 49.7 Å². The molecule has 3 heterocycles. The first-order chi connectivity index (χ1) is 18.4. The van der Waals surface area contributed by atoms with E-state index in [4.69, 9.17) is 14.8 Å².